The van der Waals surface area contributed by atoms with E-state index < -0.39 is 23.4 Å². The molecule has 0 fully saturated rings. The number of hydrogen-bond donors (Lipinski definition) is 1. The van der Waals surface area contributed by atoms with Crippen LogP contribution in [0.25, 0.3) is 0 Å². The molecule has 0 aromatic heterocycles. The van der Waals surface area contributed by atoms with Gasteiger partial charge in [-0.2, -0.15) is 13.2 Å². The fraction of sp³-hybridized carbons (Fsp3) is 0.133. The van der Waals surface area contributed by atoms with E-state index in [1.54, 1.807) is 6.07 Å². The third-order valence-corrected chi connectivity index (χ3v) is 2.88. The van der Waals surface area contributed by atoms with Crippen molar-refractivity contribution in [3.05, 3.63) is 71.8 Å². The molecule has 2 rings (SSSR count). The maximum atomic E-state index is 14.5. The van der Waals surface area contributed by atoms with Gasteiger partial charge in [0.15, 0.2) is 0 Å². The molecular weight excluding hydrogens is 286 g/mol. The van der Waals surface area contributed by atoms with Gasteiger partial charge in [-0.3, -0.25) is 4.79 Å². The Hall–Kier alpha value is -2.37. The highest BCUT2D eigenvalue weighted by Gasteiger charge is 2.58. The highest BCUT2D eigenvalue weighted by Crippen LogP contribution is 2.40. The molecule has 1 N–H and O–H groups in total. The van der Waals surface area contributed by atoms with Crippen molar-refractivity contribution in [2.45, 2.75) is 12.0 Å². The van der Waals surface area contributed by atoms with E-state index >= 15 is 0 Å². The van der Waals surface area contributed by atoms with Gasteiger partial charge in [-0.25, -0.2) is 4.39 Å². The number of rotatable bonds is 3. The first-order valence-electron chi connectivity index (χ1n) is 6.03. The van der Waals surface area contributed by atoms with Crippen LogP contribution in [0.4, 0.5) is 17.6 Å². The molecule has 0 aliphatic heterocycles. The van der Waals surface area contributed by atoms with Crippen molar-refractivity contribution < 1.29 is 22.4 Å². The number of benzene rings is 2. The first-order chi connectivity index (χ1) is 9.84. The van der Waals surface area contributed by atoms with Gasteiger partial charge >= 0.3 is 12.0 Å². The molecule has 0 spiro atoms. The summed E-state index contributed by atoms with van der Waals surface area (Å²) in [6, 6.07) is 13.1. The normalized spacial score (nSPS) is 14.3. The lowest BCUT2D eigenvalue weighted by atomic mass is 10.0. The summed E-state index contributed by atoms with van der Waals surface area (Å²) in [4.78, 5) is 11.8. The van der Waals surface area contributed by atoms with E-state index in [4.69, 9.17) is 0 Å². The smallest absolute Gasteiger partial charge is 0.309 e. The number of halogens is 4. The van der Waals surface area contributed by atoms with Crippen molar-refractivity contribution in [2.24, 2.45) is 0 Å². The van der Waals surface area contributed by atoms with Gasteiger partial charge in [0.05, 0.1) is 0 Å². The molecule has 6 heteroatoms. The van der Waals surface area contributed by atoms with Crippen LogP contribution in [0.1, 0.15) is 15.9 Å². The van der Waals surface area contributed by atoms with Crippen molar-refractivity contribution >= 4 is 5.91 Å². The van der Waals surface area contributed by atoms with Crippen molar-refractivity contribution in [3.63, 3.8) is 0 Å². The summed E-state index contributed by atoms with van der Waals surface area (Å²) in [6.07, 6.45) is -5.28. The zero-order valence-electron chi connectivity index (χ0n) is 10.7. The Bertz CT molecular complexity index is 613. The monoisotopic (exact) mass is 297 g/mol. The molecule has 0 radical (unpaired) electrons. The molecule has 0 heterocycles. The lowest BCUT2D eigenvalue weighted by molar-refractivity contribution is -0.243. The zero-order chi connectivity index (χ0) is 15.5. The third kappa shape index (κ3) is 3.04. The lowest BCUT2D eigenvalue weighted by Crippen LogP contribution is -2.52. The third-order valence-electron chi connectivity index (χ3n) is 2.88. The number of amides is 1. The van der Waals surface area contributed by atoms with Crippen LogP contribution >= 0.6 is 0 Å². The average Bonchev–Trinajstić information content (AvgIpc) is 2.47. The summed E-state index contributed by atoms with van der Waals surface area (Å²) in [5, 5.41) is 1.44. The molecule has 0 bridgehead atoms. The molecule has 1 atom stereocenters. The molecule has 1 unspecified atom stereocenters. The predicted octanol–water partition coefficient (Wildman–Crippen LogP) is 3.80. The topological polar surface area (TPSA) is 29.1 Å². The Balaban J connectivity index is 2.37. The molecule has 2 aromatic rings. The van der Waals surface area contributed by atoms with Crippen LogP contribution in [-0.4, -0.2) is 12.1 Å². The fourth-order valence-electron chi connectivity index (χ4n) is 1.79. The van der Waals surface area contributed by atoms with Crippen LogP contribution in [0.5, 0.6) is 0 Å². The van der Waals surface area contributed by atoms with Gasteiger partial charge in [-0.1, -0.05) is 48.5 Å². The lowest BCUT2D eigenvalue weighted by Gasteiger charge is -2.29. The Morgan fingerprint density at radius 3 is 1.76 bits per heavy atom. The number of hydrogen-bond acceptors (Lipinski definition) is 1. The summed E-state index contributed by atoms with van der Waals surface area (Å²) in [6.45, 7) is 0. The Morgan fingerprint density at radius 1 is 0.810 bits per heavy atom. The van der Waals surface area contributed by atoms with Crippen LogP contribution < -0.4 is 5.32 Å². The first kappa shape index (κ1) is 15.0. The van der Waals surface area contributed by atoms with E-state index in [2.05, 4.69) is 0 Å². The van der Waals surface area contributed by atoms with Crippen molar-refractivity contribution in [3.8, 4) is 0 Å². The molecule has 0 saturated carbocycles. The Morgan fingerprint density at radius 2 is 1.29 bits per heavy atom. The molecule has 2 nitrogen and oxygen atoms in total. The first-order valence-corrected chi connectivity index (χ1v) is 6.03. The zero-order valence-corrected chi connectivity index (χ0v) is 10.7. The van der Waals surface area contributed by atoms with Gasteiger partial charge < -0.3 is 5.32 Å². The van der Waals surface area contributed by atoms with Crippen molar-refractivity contribution in [2.75, 3.05) is 0 Å². The summed E-state index contributed by atoms with van der Waals surface area (Å²) in [5.41, 5.74) is -0.735. The minimum atomic E-state index is -5.28. The molecule has 21 heavy (non-hydrogen) atoms. The molecular formula is C15H11F4NO. The number of carbonyl (C=O) groups excluding carboxylic acids is 1. The van der Waals surface area contributed by atoms with Crippen LogP contribution in [-0.2, 0) is 5.79 Å². The summed E-state index contributed by atoms with van der Waals surface area (Å²) < 4.78 is 53.7. The quantitative estimate of drug-likeness (QED) is 0.677. The van der Waals surface area contributed by atoms with E-state index in [0.717, 1.165) is 12.1 Å². The van der Waals surface area contributed by atoms with E-state index in [1.165, 1.54) is 47.8 Å². The van der Waals surface area contributed by atoms with Gasteiger partial charge in [0, 0.05) is 11.1 Å². The summed E-state index contributed by atoms with van der Waals surface area (Å²) >= 11 is 0. The number of nitrogens with one attached hydrogen (secondary N) is 1. The standard InChI is InChI=1S/C15H11F4NO/c16-14(15(17,18)19,12-9-5-2-6-10-12)20-13(21)11-7-3-1-4-8-11/h1-10H,(H,20,21). The van der Waals surface area contributed by atoms with Crippen molar-refractivity contribution in [1.29, 1.82) is 0 Å². The predicted molar refractivity (Wildman–Crippen MR) is 69.2 cm³/mol. The van der Waals surface area contributed by atoms with E-state index in [0.29, 0.717) is 0 Å². The van der Waals surface area contributed by atoms with Gasteiger partial charge in [-0.15, -0.1) is 0 Å². The van der Waals surface area contributed by atoms with Crippen LogP contribution in [0.3, 0.4) is 0 Å². The number of alkyl halides is 4. The fourth-order valence-corrected chi connectivity index (χ4v) is 1.79. The summed E-state index contributed by atoms with van der Waals surface area (Å²) in [5.74, 6) is -5.08. The van der Waals surface area contributed by atoms with E-state index in [9.17, 15) is 22.4 Å². The molecule has 110 valence electrons. The molecule has 0 aliphatic rings. The van der Waals surface area contributed by atoms with Crippen molar-refractivity contribution in [1.82, 2.24) is 5.32 Å². The second-order valence-corrected chi connectivity index (χ2v) is 4.34. The maximum absolute atomic E-state index is 14.5. The maximum Gasteiger partial charge on any atom is 0.446 e. The van der Waals surface area contributed by atoms with E-state index in [-0.39, 0.29) is 5.56 Å². The molecule has 1 amide bonds. The molecule has 2 aromatic carbocycles. The molecule has 0 aliphatic carbocycles. The van der Waals surface area contributed by atoms with Gasteiger partial charge in [0.2, 0.25) is 0 Å². The average molecular weight is 297 g/mol. The second kappa shape index (κ2) is 5.55. The minimum absolute atomic E-state index is 0.0558. The SMILES string of the molecule is O=C(NC(F)(c1ccccc1)C(F)(F)F)c1ccccc1. The van der Waals surface area contributed by atoms with Crippen LogP contribution in [0.15, 0.2) is 60.7 Å². The van der Waals surface area contributed by atoms with Crippen LogP contribution in [0.2, 0.25) is 0 Å². The summed E-state index contributed by atoms with van der Waals surface area (Å²) in [7, 11) is 0. The largest absolute Gasteiger partial charge is 0.446 e. The molecule has 0 saturated heterocycles. The van der Waals surface area contributed by atoms with Gasteiger partial charge in [0.25, 0.3) is 5.91 Å². The Labute approximate surface area is 118 Å². The Kier molecular flexibility index (Phi) is 3.97. The second-order valence-electron chi connectivity index (χ2n) is 4.34. The highest BCUT2D eigenvalue weighted by atomic mass is 19.4. The van der Waals surface area contributed by atoms with Crippen LogP contribution in [0, 0.1) is 0 Å². The minimum Gasteiger partial charge on any atom is -0.309 e. The van der Waals surface area contributed by atoms with E-state index in [1.807, 2.05) is 0 Å². The highest BCUT2D eigenvalue weighted by molar-refractivity contribution is 5.94. The van der Waals surface area contributed by atoms with Gasteiger partial charge in [-0.05, 0) is 12.1 Å². The number of carbonyl (C=O) groups is 1. The van der Waals surface area contributed by atoms with Gasteiger partial charge in [0.1, 0.15) is 0 Å².